The van der Waals surface area contributed by atoms with Crippen LogP contribution in [0.2, 0.25) is 0 Å². The van der Waals surface area contributed by atoms with Crippen molar-refractivity contribution in [2.45, 2.75) is 6.92 Å². The number of aromatic nitrogens is 1. The molecule has 1 amide bonds. The van der Waals surface area contributed by atoms with Crippen molar-refractivity contribution in [1.29, 1.82) is 0 Å². The van der Waals surface area contributed by atoms with Gasteiger partial charge in [0.15, 0.2) is 6.61 Å². The van der Waals surface area contributed by atoms with Crippen LogP contribution in [0.4, 0.5) is 11.5 Å². The maximum absolute atomic E-state index is 11.9. The van der Waals surface area contributed by atoms with Crippen LogP contribution in [0, 0.1) is 0 Å². The van der Waals surface area contributed by atoms with Crippen LogP contribution in [-0.2, 0) is 4.79 Å². The summed E-state index contributed by atoms with van der Waals surface area (Å²) in [6.45, 7) is 2.47. The largest absolute Gasteiger partial charge is 0.494 e. The Morgan fingerprint density at radius 3 is 2.26 bits per heavy atom. The summed E-state index contributed by atoms with van der Waals surface area (Å²) in [4.78, 5) is 18.0. The summed E-state index contributed by atoms with van der Waals surface area (Å²) >= 11 is 0. The summed E-state index contributed by atoms with van der Waals surface area (Å²) in [6.07, 6.45) is 1.62. The van der Waals surface area contributed by atoms with E-state index in [4.69, 9.17) is 9.47 Å². The quantitative estimate of drug-likeness (QED) is 0.851. The van der Waals surface area contributed by atoms with Crippen LogP contribution < -0.4 is 19.7 Å². The fourth-order valence-corrected chi connectivity index (χ4v) is 1.87. The highest BCUT2D eigenvalue weighted by atomic mass is 16.5. The van der Waals surface area contributed by atoms with Gasteiger partial charge in [0.25, 0.3) is 5.91 Å². The zero-order chi connectivity index (χ0) is 16.7. The van der Waals surface area contributed by atoms with Gasteiger partial charge in [-0.1, -0.05) is 0 Å². The lowest BCUT2D eigenvalue weighted by atomic mass is 10.3. The Kier molecular flexibility index (Phi) is 5.80. The molecule has 0 aliphatic heterocycles. The first-order valence-electron chi connectivity index (χ1n) is 7.37. The highest BCUT2D eigenvalue weighted by Gasteiger charge is 2.05. The molecule has 6 heteroatoms. The summed E-state index contributed by atoms with van der Waals surface area (Å²) < 4.78 is 10.8. The molecular formula is C17H21N3O3. The average Bonchev–Trinajstić information content (AvgIpc) is 2.55. The first kappa shape index (κ1) is 16.6. The molecule has 0 saturated heterocycles. The Morgan fingerprint density at radius 1 is 1.09 bits per heavy atom. The van der Waals surface area contributed by atoms with Crippen molar-refractivity contribution in [2.75, 3.05) is 37.5 Å². The van der Waals surface area contributed by atoms with Crippen LogP contribution in [-0.4, -0.2) is 38.2 Å². The lowest BCUT2D eigenvalue weighted by molar-refractivity contribution is -0.118. The van der Waals surface area contributed by atoms with E-state index < -0.39 is 0 Å². The summed E-state index contributed by atoms with van der Waals surface area (Å²) in [5, 5.41) is 2.74. The van der Waals surface area contributed by atoms with Crippen molar-refractivity contribution < 1.29 is 14.3 Å². The monoisotopic (exact) mass is 315 g/mol. The number of anilines is 2. The Bertz CT molecular complexity index is 625. The predicted molar refractivity (Wildman–Crippen MR) is 90.3 cm³/mol. The number of nitrogens with one attached hydrogen (secondary N) is 1. The van der Waals surface area contributed by atoms with Crippen molar-refractivity contribution in [1.82, 2.24) is 4.98 Å². The fraction of sp³-hybridized carbons (Fsp3) is 0.294. The van der Waals surface area contributed by atoms with Gasteiger partial charge in [0.05, 0.1) is 18.5 Å². The van der Waals surface area contributed by atoms with E-state index in [0.717, 1.165) is 11.6 Å². The number of carbonyl (C=O) groups excluding carboxylic acids is 1. The molecule has 6 nitrogen and oxygen atoms in total. The standard InChI is InChI=1S/C17H21N3O3/c1-4-22-14-6-8-15(9-7-14)23-12-17(21)19-13-5-10-16(18-11-13)20(2)3/h5-11H,4,12H2,1-3H3,(H,19,21). The molecule has 0 unspecified atom stereocenters. The lowest BCUT2D eigenvalue weighted by Gasteiger charge is -2.12. The Labute approximate surface area is 136 Å². The third-order valence-electron chi connectivity index (χ3n) is 2.99. The van der Waals surface area contributed by atoms with E-state index in [2.05, 4.69) is 10.3 Å². The molecule has 0 spiro atoms. The minimum Gasteiger partial charge on any atom is -0.494 e. The van der Waals surface area contributed by atoms with E-state index in [1.807, 2.05) is 32.0 Å². The van der Waals surface area contributed by atoms with E-state index >= 15 is 0 Å². The molecule has 23 heavy (non-hydrogen) atoms. The van der Waals surface area contributed by atoms with Gasteiger partial charge in [-0.05, 0) is 43.3 Å². The number of ether oxygens (including phenoxy) is 2. The van der Waals surface area contributed by atoms with Crippen molar-refractivity contribution in [3.05, 3.63) is 42.6 Å². The smallest absolute Gasteiger partial charge is 0.262 e. The molecule has 1 heterocycles. The van der Waals surface area contributed by atoms with Gasteiger partial charge in [0.1, 0.15) is 17.3 Å². The maximum atomic E-state index is 11.9. The summed E-state index contributed by atoms with van der Waals surface area (Å²) in [6, 6.07) is 10.8. The maximum Gasteiger partial charge on any atom is 0.262 e. The summed E-state index contributed by atoms with van der Waals surface area (Å²) in [7, 11) is 3.82. The third kappa shape index (κ3) is 5.18. The van der Waals surface area contributed by atoms with E-state index in [1.165, 1.54) is 0 Å². The second kappa shape index (κ2) is 8.03. The molecule has 1 aromatic heterocycles. The van der Waals surface area contributed by atoms with Crippen LogP contribution in [0.15, 0.2) is 42.6 Å². The molecule has 0 atom stereocenters. The van der Waals surface area contributed by atoms with Crippen LogP contribution in [0.25, 0.3) is 0 Å². The molecule has 122 valence electrons. The minimum absolute atomic E-state index is 0.0661. The summed E-state index contributed by atoms with van der Waals surface area (Å²) in [5.41, 5.74) is 0.635. The van der Waals surface area contributed by atoms with E-state index in [-0.39, 0.29) is 12.5 Å². The van der Waals surface area contributed by atoms with Gasteiger partial charge < -0.3 is 19.7 Å². The Balaban J connectivity index is 1.82. The van der Waals surface area contributed by atoms with E-state index in [0.29, 0.717) is 18.0 Å². The van der Waals surface area contributed by atoms with Gasteiger partial charge in [-0.2, -0.15) is 0 Å². The molecule has 0 radical (unpaired) electrons. The number of nitrogens with zero attached hydrogens (tertiary/aromatic N) is 2. The average molecular weight is 315 g/mol. The number of rotatable bonds is 7. The van der Waals surface area contributed by atoms with Crippen LogP contribution in [0.1, 0.15) is 6.92 Å². The summed E-state index contributed by atoms with van der Waals surface area (Å²) in [5.74, 6) is 1.98. The fourth-order valence-electron chi connectivity index (χ4n) is 1.87. The molecule has 1 aromatic carbocycles. The van der Waals surface area contributed by atoms with Crippen molar-refractivity contribution in [2.24, 2.45) is 0 Å². The molecular weight excluding hydrogens is 294 g/mol. The number of hydrogen-bond acceptors (Lipinski definition) is 5. The van der Waals surface area contributed by atoms with Gasteiger partial charge >= 0.3 is 0 Å². The molecule has 0 saturated carbocycles. The van der Waals surface area contributed by atoms with E-state index in [9.17, 15) is 4.79 Å². The molecule has 0 aliphatic rings. The molecule has 2 aromatic rings. The van der Waals surface area contributed by atoms with Gasteiger partial charge in [-0.25, -0.2) is 4.98 Å². The van der Waals surface area contributed by atoms with E-state index in [1.54, 1.807) is 36.5 Å². The zero-order valence-electron chi connectivity index (χ0n) is 13.6. The first-order chi connectivity index (χ1) is 11.1. The zero-order valence-corrected chi connectivity index (χ0v) is 13.6. The molecule has 0 aliphatic carbocycles. The van der Waals surface area contributed by atoms with Gasteiger partial charge in [-0.15, -0.1) is 0 Å². The molecule has 0 fully saturated rings. The molecule has 2 rings (SSSR count). The highest BCUT2D eigenvalue weighted by Crippen LogP contribution is 2.17. The lowest BCUT2D eigenvalue weighted by Crippen LogP contribution is -2.20. The SMILES string of the molecule is CCOc1ccc(OCC(=O)Nc2ccc(N(C)C)nc2)cc1. The van der Waals surface area contributed by atoms with Crippen molar-refractivity contribution >= 4 is 17.4 Å². The number of pyridine rings is 1. The van der Waals surface area contributed by atoms with Crippen molar-refractivity contribution in [3.63, 3.8) is 0 Å². The number of carbonyl (C=O) groups is 1. The number of hydrogen-bond donors (Lipinski definition) is 1. The molecule has 0 bridgehead atoms. The predicted octanol–water partition coefficient (Wildman–Crippen LogP) is 2.56. The highest BCUT2D eigenvalue weighted by molar-refractivity contribution is 5.91. The van der Waals surface area contributed by atoms with Crippen LogP contribution in [0.5, 0.6) is 11.5 Å². The number of benzene rings is 1. The second-order valence-electron chi connectivity index (χ2n) is 5.04. The Morgan fingerprint density at radius 2 is 1.74 bits per heavy atom. The topological polar surface area (TPSA) is 63.7 Å². The van der Waals surface area contributed by atoms with Gasteiger partial charge in [-0.3, -0.25) is 4.79 Å². The van der Waals surface area contributed by atoms with Gasteiger partial charge in [0.2, 0.25) is 0 Å². The first-order valence-corrected chi connectivity index (χ1v) is 7.37. The third-order valence-corrected chi connectivity index (χ3v) is 2.99. The molecule has 1 N–H and O–H groups in total. The normalized spacial score (nSPS) is 10.0. The minimum atomic E-state index is -0.238. The second-order valence-corrected chi connectivity index (χ2v) is 5.04. The number of amides is 1. The van der Waals surface area contributed by atoms with Gasteiger partial charge in [0, 0.05) is 14.1 Å². The van der Waals surface area contributed by atoms with Crippen molar-refractivity contribution in [3.8, 4) is 11.5 Å². The van der Waals surface area contributed by atoms with Crippen LogP contribution in [0.3, 0.4) is 0 Å². The Hall–Kier alpha value is -2.76. The van der Waals surface area contributed by atoms with Crippen LogP contribution >= 0.6 is 0 Å².